The number of aliphatic hydroxyl groups excluding tert-OH is 1. The summed E-state index contributed by atoms with van der Waals surface area (Å²) in [5.74, 6) is 0. The summed E-state index contributed by atoms with van der Waals surface area (Å²) in [7, 11) is -2.31. The summed E-state index contributed by atoms with van der Waals surface area (Å²) in [4.78, 5) is 10.3. The van der Waals surface area contributed by atoms with Crippen molar-refractivity contribution < 1.29 is 18.4 Å². The van der Waals surface area contributed by atoms with Gasteiger partial charge in [0.05, 0.1) is 16.4 Å². The Balaban J connectivity index is 2.45. The van der Waals surface area contributed by atoms with Crippen LogP contribution in [-0.4, -0.2) is 49.0 Å². The molecule has 0 saturated carbocycles. The van der Waals surface area contributed by atoms with Crippen LogP contribution in [0.1, 0.15) is 12.8 Å². The Labute approximate surface area is 122 Å². The van der Waals surface area contributed by atoms with Crippen LogP contribution >= 0.6 is 0 Å². The molecule has 0 bridgehead atoms. The van der Waals surface area contributed by atoms with Crippen LogP contribution in [0.2, 0.25) is 0 Å². The van der Waals surface area contributed by atoms with Gasteiger partial charge in [-0.2, -0.15) is 4.31 Å². The summed E-state index contributed by atoms with van der Waals surface area (Å²) in [6.07, 6.45) is 1.26. The average molecular weight is 315 g/mol. The third kappa shape index (κ3) is 2.85. The minimum atomic E-state index is -3.84. The highest BCUT2D eigenvalue weighted by atomic mass is 32.2. The Morgan fingerprint density at radius 3 is 2.81 bits per heavy atom. The minimum absolute atomic E-state index is 0.131. The molecule has 1 aromatic carbocycles. The molecule has 8 nitrogen and oxygen atoms in total. The maximum atomic E-state index is 12.6. The molecule has 1 saturated heterocycles. The van der Waals surface area contributed by atoms with Gasteiger partial charge in [0, 0.05) is 25.7 Å². The maximum absolute atomic E-state index is 12.6. The van der Waals surface area contributed by atoms with Gasteiger partial charge < -0.3 is 10.4 Å². The first kappa shape index (κ1) is 15.7. The van der Waals surface area contributed by atoms with E-state index in [-0.39, 0.29) is 22.9 Å². The van der Waals surface area contributed by atoms with Crippen LogP contribution in [0.15, 0.2) is 23.1 Å². The lowest BCUT2D eigenvalue weighted by molar-refractivity contribution is -0.384. The summed E-state index contributed by atoms with van der Waals surface area (Å²) in [6.45, 7) is 0.0606. The summed E-state index contributed by atoms with van der Waals surface area (Å²) in [5, 5.41) is 22.9. The van der Waals surface area contributed by atoms with Gasteiger partial charge in [0.15, 0.2) is 0 Å². The molecule has 2 rings (SSSR count). The minimum Gasteiger partial charge on any atom is -0.395 e. The Hall–Kier alpha value is -1.71. The van der Waals surface area contributed by atoms with Crippen molar-refractivity contribution in [2.24, 2.45) is 0 Å². The number of hydrogen-bond donors (Lipinski definition) is 2. The van der Waals surface area contributed by atoms with Crippen molar-refractivity contribution >= 4 is 21.4 Å². The summed E-state index contributed by atoms with van der Waals surface area (Å²) in [6, 6.07) is 3.29. The fraction of sp³-hybridized carbons (Fsp3) is 0.500. The fourth-order valence-corrected chi connectivity index (χ4v) is 4.18. The van der Waals surface area contributed by atoms with Crippen molar-refractivity contribution in [3.8, 4) is 0 Å². The number of anilines is 1. The maximum Gasteiger partial charge on any atom is 0.293 e. The zero-order chi connectivity index (χ0) is 15.6. The van der Waals surface area contributed by atoms with E-state index in [1.165, 1.54) is 23.5 Å². The molecule has 1 atom stereocenters. The molecular formula is C12H17N3O5S. The molecule has 1 unspecified atom stereocenters. The van der Waals surface area contributed by atoms with Gasteiger partial charge in [-0.1, -0.05) is 0 Å². The van der Waals surface area contributed by atoms with E-state index < -0.39 is 21.0 Å². The monoisotopic (exact) mass is 315 g/mol. The van der Waals surface area contributed by atoms with E-state index in [2.05, 4.69) is 5.32 Å². The quantitative estimate of drug-likeness (QED) is 0.613. The topological polar surface area (TPSA) is 113 Å². The summed E-state index contributed by atoms with van der Waals surface area (Å²) < 4.78 is 26.3. The van der Waals surface area contributed by atoms with Crippen LogP contribution in [-0.2, 0) is 10.0 Å². The van der Waals surface area contributed by atoms with Crippen molar-refractivity contribution in [2.45, 2.75) is 23.8 Å². The Morgan fingerprint density at radius 2 is 2.24 bits per heavy atom. The normalized spacial score (nSPS) is 19.6. The van der Waals surface area contributed by atoms with Crippen molar-refractivity contribution in [3.05, 3.63) is 28.3 Å². The molecule has 21 heavy (non-hydrogen) atoms. The zero-order valence-corrected chi connectivity index (χ0v) is 12.3. The Bertz CT molecular complexity index is 646. The van der Waals surface area contributed by atoms with Crippen molar-refractivity contribution in [3.63, 3.8) is 0 Å². The standard InChI is InChI=1S/C12H17N3O5S/c1-13-11-5-4-10(7-12(11)15(17)18)21(19,20)14-6-2-3-9(14)8-16/h4-5,7,9,13,16H,2-3,6,8H2,1H3. The molecule has 0 aromatic heterocycles. The average Bonchev–Trinajstić information content (AvgIpc) is 2.95. The summed E-state index contributed by atoms with van der Waals surface area (Å²) >= 11 is 0. The van der Waals surface area contributed by atoms with Gasteiger partial charge >= 0.3 is 0 Å². The van der Waals surface area contributed by atoms with Crippen LogP contribution in [0.25, 0.3) is 0 Å². The number of nitrogens with one attached hydrogen (secondary N) is 1. The Morgan fingerprint density at radius 1 is 1.52 bits per heavy atom. The third-order valence-corrected chi connectivity index (χ3v) is 5.52. The van der Waals surface area contributed by atoms with Crippen LogP contribution in [0.4, 0.5) is 11.4 Å². The smallest absolute Gasteiger partial charge is 0.293 e. The lowest BCUT2D eigenvalue weighted by atomic mass is 10.2. The largest absolute Gasteiger partial charge is 0.395 e. The number of sulfonamides is 1. The van der Waals surface area contributed by atoms with E-state index in [1.54, 1.807) is 0 Å². The number of rotatable bonds is 5. The molecule has 9 heteroatoms. The van der Waals surface area contributed by atoms with E-state index in [9.17, 15) is 23.6 Å². The number of nitro groups is 1. The molecule has 1 fully saturated rings. The van der Waals surface area contributed by atoms with Crippen LogP contribution < -0.4 is 5.32 Å². The first-order chi connectivity index (χ1) is 9.91. The fourth-order valence-electron chi connectivity index (χ4n) is 2.48. The molecular weight excluding hydrogens is 298 g/mol. The first-order valence-electron chi connectivity index (χ1n) is 6.50. The van der Waals surface area contributed by atoms with E-state index in [0.29, 0.717) is 19.4 Å². The molecule has 1 aromatic rings. The predicted octanol–water partition coefficient (Wildman–Crippen LogP) is 0.782. The molecule has 0 amide bonds. The molecule has 0 aliphatic carbocycles. The van der Waals surface area contributed by atoms with Gasteiger partial charge in [0.25, 0.3) is 5.69 Å². The molecule has 1 aliphatic rings. The lowest BCUT2D eigenvalue weighted by Gasteiger charge is -2.22. The van der Waals surface area contributed by atoms with E-state index >= 15 is 0 Å². The second kappa shape index (κ2) is 5.96. The van der Waals surface area contributed by atoms with Crippen molar-refractivity contribution in [1.82, 2.24) is 4.31 Å². The van der Waals surface area contributed by atoms with Crippen molar-refractivity contribution in [1.29, 1.82) is 0 Å². The van der Waals surface area contributed by atoms with Gasteiger partial charge in [-0.05, 0) is 25.0 Å². The van der Waals surface area contributed by atoms with Crippen molar-refractivity contribution in [2.75, 3.05) is 25.5 Å². The van der Waals surface area contributed by atoms with E-state index in [4.69, 9.17) is 0 Å². The van der Waals surface area contributed by atoms with Gasteiger partial charge in [-0.3, -0.25) is 10.1 Å². The van der Waals surface area contributed by atoms with Gasteiger partial charge in [-0.25, -0.2) is 8.42 Å². The van der Waals surface area contributed by atoms with Crippen LogP contribution in [0, 0.1) is 10.1 Å². The number of benzene rings is 1. The highest BCUT2D eigenvalue weighted by Crippen LogP contribution is 2.31. The molecule has 0 radical (unpaired) electrons. The van der Waals surface area contributed by atoms with E-state index in [1.807, 2.05) is 0 Å². The third-order valence-electron chi connectivity index (χ3n) is 3.58. The number of aliphatic hydroxyl groups is 1. The second-order valence-electron chi connectivity index (χ2n) is 4.78. The number of hydrogen-bond acceptors (Lipinski definition) is 6. The van der Waals surface area contributed by atoms with E-state index in [0.717, 1.165) is 6.07 Å². The van der Waals surface area contributed by atoms with Gasteiger partial charge in [0.2, 0.25) is 10.0 Å². The molecule has 1 heterocycles. The lowest BCUT2D eigenvalue weighted by Crippen LogP contribution is -2.37. The van der Waals surface area contributed by atoms with Crippen LogP contribution in [0.5, 0.6) is 0 Å². The first-order valence-corrected chi connectivity index (χ1v) is 7.94. The highest BCUT2D eigenvalue weighted by Gasteiger charge is 2.35. The van der Waals surface area contributed by atoms with Gasteiger partial charge in [0.1, 0.15) is 5.69 Å². The van der Waals surface area contributed by atoms with Crippen LogP contribution in [0.3, 0.4) is 0 Å². The molecule has 2 N–H and O–H groups in total. The zero-order valence-electron chi connectivity index (χ0n) is 11.5. The SMILES string of the molecule is CNc1ccc(S(=O)(=O)N2CCCC2CO)cc1[N+](=O)[O-]. The highest BCUT2D eigenvalue weighted by molar-refractivity contribution is 7.89. The molecule has 0 spiro atoms. The Kier molecular flexibility index (Phi) is 4.45. The summed E-state index contributed by atoms with van der Waals surface area (Å²) in [5.41, 5.74) is -0.0441. The number of nitro benzene ring substituents is 1. The number of nitrogens with zero attached hydrogens (tertiary/aromatic N) is 2. The molecule has 1 aliphatic heterocycles. The van der Waals surface area contributed by atoms with Gasteiger partial charge in [-0.15, -0.1) is 0 Å². The molecule has 116 valence electrons. The predicted molar refractivity (Wildman–Crippen MR) is 76.6 cm³/mol. The second-order valence-corrected chi connectivity index (χ2v) is 6.67.